The van der Waals surface area contributed by atoms with E-state index in [0.29, 0.717) is 44.2 Å². The third-order valence-electron chi connectivity index (χ3n) is 8.02. The highest BCUT2D eigenvalue weighted by Gasteiger charge is 2.52. The molecule has 1 amide bonds. The Hall–Kier alpha value is -1.88. The van der Waals surface area contributed by atoms with Gasteiger partial charge >= 0.3 is 0 Å². The minimum atomic E-state index is -0.184. The third kappa shape index (κ3) is 4.82. The Labute approximate surface area is 185 Å². The molecule has 4 saturated carbocycles. The Bertz CT molecular complexity index is 760. The van der Waals surface area contributed by atoms with Gasteiger partial charge in [-0.05, 0) is 92.9 Å². The number of amides is 1. The summed E-state index contributed by atoms with van der Waals surface area (Å²) in [7, 11) is 0. The van der Waals surface area contributed by atoms with E-state index in [-0.39, 0.29) is 16.7 Å². The van der Waals surface area contributed by atoms with Gasteiger partial charge in [0, 0.05) is 12.0 Å². The lowest BCUT2D eigenvalue weighted by Gasteiger charge is -2.52. The number of carbonyl (C=O) groups is 1. The van der Waals surface area contributed by atoms with E-state index in [9.17, 15) is 9.18 Å². The monoisotopic (exact) mass is 429 g/mol. The molecule has 1 aromatic rings. The van der Waals surface area contributed by atoms with Crippen molar-refractivity contribution < 1.29 is 18.7 Å². The number of halogens is 1. The van der Waals surface area contributed by atoms with Gasteiger partial charge < -0.3 is 14.8 Å². The molecule has 0 aliphatic heterocycles. The van der Waals surface area contributed by atoms with Crippen molar-refractivity contribution in [3.63, 3.8) is 0 Å². The summed E-state index contributed by atoms with van der Waals surface area (Å²) in [6, 6.07) is 8.33. The zero-order chi connectivity index (χ0) is 21.7. The van der Waals surface area contributed by atoms with Crippen LogP contribution in [0.25, 0.3) is 0 Å². The number of nitrogens with one attached hydrogen (secondary N) is 1. The number of hydrogen-bond acceptors (Lipinski definition) is 3. The average Bonchev–Trinajstić information content (AvgIpc) is 2.80. The number of hydrogen-bond donors (Lipinski definition) is 1. The second-order valence-corrected chi connectivity index (χ2v) is 9.67. The summed E-state index contributed by atoms with van der Waals surface area (Å²) in [4.78, 5) is 13.0. The van der Waals surface area contributed by atoms with Crippen LogP contribution in [0, 0.1) is 5.41 Å². The first-order valence-corrected chi connectivity index (χ1v) is 12.0. The molecule has 4 fully saturated rings. The van der Waals surface area contributed by atoms with Crippen molar-refractivity contribution in [2.75, 3.05) is 19.8 Å². The van der Waals surface area contributed by atoms with E-state index in [4.69, 9.17) is 9.47 Å². The molecule has 4 aliphatic rings. The van der Waals surface area contributed by atoms with Crippen LogP contribution in [-0.4, -0.2) is 31.8 Å². The predicted octanol–water partition coefficient (Wildman–Crippen LogP) is 5.61. The summed E-state index contributed by atoms with van der Waals surface area (Å²) >= 11 is 0. The van der Waals surface area contributed by atoms with Crippen molar-refractivity contribution in [3.05, 3.63) is 41.7 Å². The summed E-state index contributed by atoms with van der Waals surface area (Å²) in [5.41, 5.74) is 2.00. The van der Waals surface area contributed by atoms with E-state index >= 15 is 0 Å². The number of rotatable bonds is 10. The van der Waals surface area contributed by atoms with Gasteiger partial charge in [0.25, 0.3) is 0 Å². The fourth-order valence-corrected chi connectivity index (χ4v) is 5.37. The molecule has 1 aromatic carbocycles. The van der Waals surface area contributed by atoms with Crippen LogP contribution in [0.1, 0.15) is 76.7 Å². The minimum absolute atomic E-state index is 0.182. The van der Waals surface area contributed by atoms with Gasteiger partial charge in [0.1, 0.15) is 12.4 Å². The molecule has 1 N–H and O–H groups in total. The molecule has 0 spiro atoms. The molecule has 0 saturated heterocycles. The maximum Gasteiger partial charge on any atom is 0.226 e. The van der Waals surface area contributed by atoms with E-state index in [1.165, 1.54) is 24.8 Å². The van der Waals surface area contributed by atoms with Crippen LogP contribution in [0.15, 0.2) is 36.2 Å². The summed E-state index contributed by atoms with van der Waals surface area (Å²) in [6.07, 6.45) is 11.4. The smallest absolute Gasteiger partial charge is 0.226 e. The van der Waals surface area contributed by atoms with Gasteiger partial charge in [-0.3, -0.25) is 4.79 Å². The summed E-state index contributed by atoms with van der Waals surface area (Å²) < 4.78 is 24.2. The van der Waals surface area contributed by atoms with Gasteiger partial charge in [0.05, 0.1) is 19.0 Å². The highest BCUT2D eigenvalue weighted by molar-refractivity contribution is 5.83. The Morgan fingerprint density at radius 2 is 1.81 bits per heavy atom. The van der Waals surface area contributed by atoms with Crippen LogP contribution in [0.2, 0.25) is 0 Å². The normalized spacial score (nSPS) is 28.3. The molecular formula is C26H36FNO3. The molecular weight excluding hydrogens is 393 g/mol. The number of ether oxygens (including phenoxy) is 2. The van der Waals surface area contributed by atoms with Gasteiger partial charge in [0.2, 0.25) is 5.91 Å². The molecule has 0 aromatic heterocycles. The molecule has 5 heteroatoms. The Kier molecular flexibility index (Phi) is 7.00. The lowest BCUT2D eigenvalue weighted by molar-refractivity contribution is -0.138. The lowest BCUT2D eigenvalue weighted by Crippen LogP contribution is -2.52. The van der Waals surface area contributed by atoms with Crippen molar-refractivity contribution in [1.29, 1.82) is 0 Å². The standard InChI is InChI=1S/C26H36FNO3/c1-2-20(18-27)19-31-23-8-6-21(7-9-23)25-10-13-26(14-11-25,15-12-25)24(29)28-16-17-30-22-4-3-5-22/h6-9,18,22H,2-5,10-17,19H2,1H3,(H,28,29)/b20-18+. The van der Waals surface area contributed by atoms with Gasteiger partial charge in [-0.1, -0.05) is 19.1 Å². The summed E-state index contributed by atoms with van der Waals surface area (Å²) in [5.74, 6) is 1.01. The van der Waals surface area contributed by atoms with Crippen LogP contribution in [0.4, 0.5) is 4.39 Å². The van der Waals surface area contributed by atoms with E-state index in [1.807, 2.05) is 19.1 Å². The van der Waals surface area contributed by atoms with Gasteiger partial charge in [-0.2, -0.15) is 0 Å². The first-order chi connectivity index (χ1) is 15.1. The molecule has 31 heavy (non-hydrogen) atoms. The van der Waals surface area contributed by atoms with Crippen molar-refractivity contribution in [2.45, 2.75) is 82.7 Å². The lowest BCUT2D eigenvalue weighted by atomic mass is 9.51. The Morgan fingerprint density at radius 1 is 1.13 bits per heavy atom. The van der Waals surface area contributed by atoms with Crippen molar-refractivity contribution >= 4 is 5.91 Å². The SMILES string of the molecule is CC/C(=C\F)COc1ccc(C23CCC(C(=O)NCCOC4CCC4)(CC2)CC3)cc1. The van der Waals surface area contributed by atoms with Crippen LogP contribution >= 0.6 is 0 Å². The molecule has 2 bridgehead atoms. The molecule has 0 heterocycles. The third-order valence-corrected chi connectivity index (χ3v) is 8.02. The maximum atomic E-state index is 13.0. The van der Waals surface area contributed by atoms with Crippen molar-refractivity contribution in [2.24, 2.45) is 5.41 Å². The largest absolute Gasteiger partial charge is 0.489 e. The summed E-state index contributed by atoms with van der Waals surface area (Å²) in [5, 5.41) is 3.15. The zero-order valence-corrected chi connectivity index (χ0v) is 18.8. The first kappa shape index (κ1) is 22.3. The van der Waals surface area contributed by atoms with Gasteiger partial charge in [0.15, 0.2) is 0 Å². The number of carbonyl (C=O) groups excluding carboxylic acids is 1. The molecule has 5 rings (SSSR count). The Balaban J connectivity index is 1.28. The molecule has 0 unspecified atom stereocenters. The maximum absolute atomic E-state index is 13.0. The van der Waals surface area contributed by atoms with E-state index < -0.39 is 0 Å². The number of fused-ring (bicyclic) bond motifs is 3. The van der Waals surface area contributed by atoms with E-state index in [1.54, 1.807) is 0 Å². The van der Waals surface area contributed by atoms with E-state index in [0.717, 1.165) is 44.3 Å². The number of benzene rings is 1. The van der Waals surface area contributed by atoms with Crippen molar-refractivity contribution in [1.82, 2.24) is 5.32 Å². The molecule has 170 valence electrons. The predicted molar refractivity (Wildman–Crippen MR) is 120 cm³/mol. The highest BCUT2D eigenvalue weighted by atomic mass is 19.1. The fourth-order valence-electron chi connectivity index (χ4n) is 5.37. The second kappa shape index (κ2) is 9.72. The highest BCUT2D eigenvalue weighted by Crippen LogP contribution is 2.57. The Morgan fingerprint density at radius 3 is 2.35 bits per heavy atom. The first-order valence-electron chi connectivity index (χ1n) is 12.0. The quantitative estimate of drug-likeness (QED) is 0.492. The molecule has 4 aliphatic carbocycles. The fraction of sp³-hybridized carbons (Fsp3) is 0.654. The van der Waals surface area contributed by atoms with Gasteiger partial charge in [-0.25, -0.2) is 4.39 Å². The molecule has 0 atom stereocenters. The average molecular weight is 430 g/mol. The van der Waals surface area contributed by atoms with E-state index in [2.05, 4.69) is 17.4 Å². The topological polar surface area (TPSA) is 47.6 Å². The molecule has 4 nitrogen and oxygen atoms in total. The van der Waals surface area contributed by atoms with Crippen LogP contribution in [0.3, 0.4) is 0 Å². The van der Waals surface area contributed by atoms with Crippen LogP contribution < -0.4 is 10.1 Å². The van der Waals surface area contributed by atoms with Crippen molar-refractivity contribution in [3.8, 4) is 5.75 Å². The van der Waals surface area contributed by atoms with Crippen LogP contribution in [0.5, 0.6) is 5.75 Å². The van der Waals surface area contributed by atoms with Gasteiger partial charge in [-0.15, -0.1) is 0 Å². The zero-order valence-electron chi connectivity index (χ0n) is 18.8. The minimum Gasteiger partial charge on any atom is -0.489 e. The second-order valence-electron chi connectivity index (χ2n) is 9.67. The van der Waals surface area contributed by atoms with Crippen LogP contribution in [-0.2, 0) is 14.9 Å². The summed E-state index contributed by atoms with van der Waals surface area (Å²) in [6.45, 7) is 3.47. The molecule has 0 radical (unpaired) electrons.